The molecular formula is C15H20N2O2. The number of hydrogen-bond acceptors (Lipinski definition) is 3. The van der Waals surface area contributed by atoms with E-state index in [1.807, 2.05) is 19.1 Å². The summed E-state index contributed by atoms with van der Waals surface area (Å²) in [4.78, 5) is 17.9. The number of aliphatic hydroxyl groups is 1. The number of aromatic nitrogens is 1. The molecule has 19 heavy (non-hydrogen) atoms. The van der Waals surface area contributed by atoms with Crippen molar-refractivity contribution >= 4 is 12.0 Å². The molecule has 0 radical (unpaired) electrons. The van der Waals surface area contributed by atoms with Gasteiger partial charge in [-0.3, -0.25) is 9.78 Å². The van der Waals surface area contributed by atoms with Crippen molar-refractivity contribution < 1.29 is 9.90 Å². The van der Waals surface area contributed by atoms with Gasteiger partial charge in [0, 0.05) is 31.6 Å². The van der Waals surface area contributed by atoms with Crippen LogP contribution in [0.15, 0.2) is 30.6 Å². The zero-order valence-corrected chi connectivity index (χ0v) is 11.2. The van der Waals surface area contributed by atoms with Crippen LogP contribution in [-0.4, -0.2) is 39.6 Å². The van der Waals surface area contributed by atoms with E-state index in [1.54, 1.807) is 29.4 Å². The van der Waals surface area contributed by atoms with Crippen molar-refractivity contribution in [2.45, 2.75) is 31.8 Å². The summed E-state index contributed by atoms with van der Waals surface area (Å²) in [6.07, 6.45) is 9.02. The van der Waals surface area contributed by atoms with Crippen molar-refractivity contribution in [2.24, 2.45) is 0 Å². The lowest BCUT2D eigenvalue weighted by molar-refractivity contribution is -0.126. The number of carbonyl (C=O) groups is 1. The molecule has 0 aromatic carbocycles. The molecule has 4 nitrogen and oxygen atoms in total. The summed E-state index contributed by atoms with van der Waals surface area (Å²) in [6, 6.07) is 3.75. The van der Waals surface area contributed by atoms with Crippen LogP contribution in [-0.2, 0) is 4.79 Å². The summed E-state index contributed by atoms with van der Waals surface area (Å²) in [7, 11) is 0. The van der Waals surface area contributed by atoms with E-state index >= 15 is 0 Å². The Balaban J connectivity index is 1.95. The second-order valence-corrected chi connectivity index (χ2v) is 5.30. The van der Waals surface area contributed by atoms with Crippen LogP contribution >= 0.6 is 0 Å². The fourth-order valence-corrected chi connectivity index (χ4v) is 2.23. The molecule has 1 aliphatic heterocycles. The Morgan fingerprint density at radius 1 is 1.47 bits per heavy atom. The molecule has 1 aromatic heterocycles. The third-order valence-electron chi connectivity index (χ3n) is 3.48. The van der Waals surface area contributed by atoms with Gasteiger partial charge >= 0.3 is 0 Å². The van der Waals surface area contributed by atoms with Crippen molar-refractivity contribution in [1.82, 2.24) is 9.88 Å². The lowest BCUT2D eigenvalue weighted by Crippen LogP contribution is -2.32. The Labute approximate surface area is 113 Å². The molecule has 1 fully saturated rings. The summed E-state index contributed by atoms with van der Waals surface area (Å²) in [5, 5.41) is 10.00. The van der Waals surface area contributed by atoms with Gasteiger partial charge in [0.05, 0.1) is 5.60 Å². The standard InChI is InChI=1S/C15H20N2O2/c1-15(19)7-3-10-17(11-8-15)14(18)6-5-13-4-2-9-16-12-13/h2,4-6,9,12,19H,3,7-8,10-11H2,1H3/b6-5+. The first kappa shape index (κ1) is 13.7. The molecule has 0 bridgehead atoms. The van der Waals surface area contributed by atoms with Gasteiger partial charge in [0.1, 0.15) is 0 Å². The molecule has 1 saturated heterocycles. The van der Waals surface area contributed by atoms with Gasteiger partial charge in [0.15, 0.2) is 0 Å². The van der Waals surface area contributed by atoms with Crippen LogP contribution < -0.4 is 0 Å². The van der Waals surface area contributed by atoms with Crippen LogP contribution in [0.1, 0.15) is 31.7 Å². The monoisotopic (exact) mass is 260 g/mol. The Morgan fingerprint density at radius 2 is 2.32 bits per heavy atom. The van der Waals surface area contributed by atoms with Crippen molar-refractivity contribution in [2.75, 3.05) is 13.1 Å². The van der Waals surface area contributed by atoms with Crippen LogP contribution in [0.25, 0.3) is 6.08 Å². The van der Waals surface area contributed by atoms with Gasteiger partial charge in [-0.1, -0.05) is 6.07 Å². The van der Waals surface area contributed by atoms with E-state index in [9.17, 15) is 9.90 Å². The number of pyridine rings is 1. The topological polar surface area (TPSA) is 53.4 Å². The summed E-state index contributed by atoms with van der Waals surface area (Å²) in [6.45, 7) is 3.17. The van der Waals surface area contributed by atoms with E-state index in [0.29, 0.717) is 19.5 Å². The first-order valence-electron chi connectivity index (χ1n) is 6.66. The smallest absolute Gasteiger partial charge is 0.246 e. The predicted octanol–water partition coefficient (Wildman–Crippen LogP) is 1.86. The molecule has 0 aliphatic carbocycles. The molecule has 2 rings (SSSR count). The summed E-state index contributed by atoms with van der Waals surface area (Å²) in [5.74, 6) is 0.00144. The molecule has 102 valence electrons. The lowest BCUT2D eigenvalue weighted by atomic mass is 9.98. The van der Waals surface area contributed by atoms with Gasteiger partial charge in [0.25, 0.3) is 0 Å². The highest BCUT2D eigenvalue weighted by atomic mass is 16.3. The van der Waals surface area contributed by atoms with Crippen LogP contribution in [0, 0.1) is 0 Å². The van der Waals surface area contributed by atoms with Gasteiger partial charge in [-0.25, -0.2) is 0 Å². The molecule has 0 spiro atoms. The van der Waals surface area contributed by atoms with Gasteiger partial charge in [0.2, 0.25) is 5.91 Å². The van der Waals surface area contributed by atoms with Crippen molar-refractivity contribution in [1.29, 1.82) is 0 Å². The quantitative estimate of drug-likeness (QED) is 0.826. The minimum atomic E-state index is -0.637. The zero-order chi connectivity index (χ0) is 13.7. The normalized spacial score (nSPS) is 24.4. The van der Waals surface area contributed by atoms with Crippen LogP contribution in [0.3, 0.4) is 0 Å². The average Bonchev–Trinajstić information content (AvgIpc) is 2.58. The first-order valence-corrected chi connectivity index (χ1v) is 6.66. The maximum atomic E-state index is 12.1. The fraction of sp³-hybridized carbons (Fsp3) is 0.467. The molecule has 4 heteroatoms. The summed E-state index contributed by atoms with van der Waals surface area (Å²) >= 11 is 0. The Morgan fingerprint density at radius 3 is 3.05 bits per heavy atom. The largest absolute Gasteiger partial charge is 0.390 e. The number of nitrogens with zero attached hydrogens (tertiary/aromatic N) is 2. The molecule has 1 aromatic rings. The number of rotatable bonds is 2. The third-order valence-corrected chi connectivity index (χ3v) is 3.48. The zero-order valence-electron chi connectivity index (χ0n) is 11.2. The molecule has 1 N–H and O–H groups in total. The second kappa shape index (κ2) is 5.97. The molecule has 1 aliphatic rings. The molecule has 1 amide bonds. The Hall–Kier alpha value is -1.68. The Bertz CT molecular complexity index is 454. The fourth-order valence-electron chi connectivity index (χ4n) is 2.23. The van der Waals surface area contributed by atoms with Crippen LogP contribution in [0.5, 0.6) is 0 Å². The van der Waals surface area contributed by atoms with Crippen LogP contribution in [0.4, 0.5) is 0 Å². The molecule has 0 saturated carbocycles. The van der Waals surface area contributed by atoms with Gasteiger partial charge in [-0.2, -0.15) is 0 Å². The van der Waals surface area contributed by atoms with Crippen molar-refractivity contribution in [3.63, 3.8) is 0 Å². The Kier molecular flexibility index (Phi) is 4.32. The number of amides is 1. The van der Waals surface area contributed by atoms with E-state index in [1.165, 1.54) is 0 Å². The highest BCUT2D eigenvalue weighted by Gasteiger charge is 2.26. The maximum absolute atomic E-state index is 12.1. The number of likely N-dealkylation sites (tertiary alicyclic amines) is 1. The maximum Gasteiger partial charge on any atom is 0.246 e. The number of carbonyl (C=O) groups excluding carboxylic acids is 1. The highest BCUT2D eigenvalue weighted by Crippen LogP contribution is 2.21. The highest BCUT2D eigenvalue weighted by molar-refractivity contribution is 5.91. The first-order chi connectivity index (χ1) is 9.07. The second-order valence-electron chi connectivity index (χ2n) is 5.30. The predicted molar refractivity (Wildman–Crippen MR) is 74.3 cm³/mol. The van der Waals surface area contributed by atoms with Crippen LogP contribution in [0.2, 0.25) is 0 Å². The van der Waals surface area contributed by atoms with Crippen molar-refractivity contribution in [3.05, 3.63) is 36.2 Å². The van der Waals surface area contributed by atoms with E-state index in [4.69, 9.17) is 0 Å². The SMILES string of the molecule is CC1(O)CCCN(C(=O)/C=C/c2cccnc2)CC1. The minimum absolute atomic E-state index is 0.00144. The minimum Gasteiger partial charge on any atom is -0.390 e. The van der Waals surface area contributed by atoms with Crippen molar-refractivity contribution in [3.8, 4) is 0 Å². The van der Waals surface area contributed by atoms with Gasteiger partial charge in [-0.05, 0) is 43.9 Å². The lowest BCUT2D eigenvalue weighted by Gasteiger charge is -2.21. The van der Waals surface area contributed by atoms with E-state index in [0.717, 1.165) is 18.4 Å². The third kappa shape index (κ3) is 4.17. The molecular weight excluding hydrogens is 240 g/mol. The van der Waals surface area contributed by atoms with E-state index in [2.05, 4.69) is 4.98 Å². The number of hydrogen-bond donors (Lipinski definition) is 1. The summed E-state index contributed by atoms with van der Waals surface area (Å²) < 4.78 is 0. The van der Waals surface area contributed by atoms with Gasteiger partial charge < -0.3 is 10.0 Å². The van der Waals surface area contributed by atoms with E-state index in [-0.39, 0.29) is 5.91 Å². The molecule has 1 unspecified atom stereocenters. The average molecular weight is 260 g/mol. The van der Waals surface area contributed by atoms with Gasteiger partial charge in [-0.15, -0.1) is 0 Å². The molecule has 1 atom stereocenters. The van der Waals surface area contributed by atoms with E-state index < -0.39 is 5.60 Å². The summed E-state index contributed by atoms with van der Waals surface area (Å²) in [5.41, 5.74) is 0.278. The molecule has 2 heterocycles.